The summed E-state index contributed by atoms with van der Waals surface area (Å²) in [5.41, 5.74) is -0.684. The number of rotatable bonds is 5. The van der Waals surface area contributed by atoms with Crippen LogP contribution in [0.1, 0.15) is 35.2 Å². The maximum absolute atomic E-state index is 13.5. The number of nitrogens with zero attached hydrogens (tertiary/aromatic N) is 3. The molecule has 172 valence electrons. The first kappa shape index (κ1) is 22.3. The molecule has 1 aromatic heterocycles. The predicted molar refractivity (Wildman–Crippen MR) is 118 cm³/mol. The molecule has 1 fully saturated rings. The zero-order valence-electron chi connectivity index (χ0n) is 17.7. The van der Waals surface area contributed by atoms with Gasteiger partial charge >= 0.3 is 0 Å². The molecule has 2 atom stereocenters. The number of aliphatic imine (C=N–C) groups is 1. The number of halogens is 1. The molecular formula is C23H24FN5O4. The van der Waals surface area contributed by atoms with E-state index in [0.717, 1.165) is 19.1 Å². The molecule has 4 rings (SSSR count). The van der Waals surface area contributed by atoms with Gasteiger partial charge in [0.15, 0.2) is 5.76 Å². The molecule has 9 nitrogen and oxygen atoms in total. The number of benzene rings is 1. The fourth-order valence-electron chi connectivity index (χ4n) is 4.13. The number of carbonyl (C=O) groups excluding carboxylic acids is 2. The van der Waals surface area contributed by atoms with Crippen LogP contribution in [0.5, 0.6) is 0 Å². The Morgan fingerprint density at radius 3 is 2.58 bits per heavy atom. The van der Waals surface area contributed by atoms with Crippen LogP contribution in [0.3, 0.4) is 0 Å². The Labute approximate surface area is 189 Å². The van der Waals surface area contributed by atoms with Crippen LogP contribution in [0.2, 0.25) is 0 Å². The standard InChI is InChI=1S/C23H24FN5O4/c24-17-6-4-15(5-7-17)13-26-22(33)23(27-14-18(30)20(31)28-23)19-3-1-2-12-29(19)21(32)16-8-10-25-11-9-16/h4-11,14,19,28,30-31H,1-3,12-13H2,(H,26,33). The Morgan fingerprint density at radius 1 is 1.15 bits per heavy atom. The van der Waals surface area contributed by atoms with Gasteiger partial charge < -0.3 is 25.7 Å². The molecular weight excluding hydrogens is 429 g/mol. The molecule has 10 heteroatoms. The third kappa shape index (κ3) is 4.50. The molecule has 2 unspecified atom stereocenters. The van der Waals surface area contributed by atoms with Crippen molar-refractivity contribution in [2.24, 2.45) is 4.99 Å². The van der Waals surface area contributed by atoms with E-state index in [-0.39, 0.29) is 12.5 Å². The largest absolute Gasteiger partial charge is 0.502 e. The number of likely N-dealkylation sites (tertiary alicyclic amines) is 1. The van der Waals surface area contributed by atoms with Crippen LogP contribution >= 0.6 is 0 Å². The van der Waals surface area contributed by atoms with Gasteiger partial charge in [-0.1, -0.05) is 12.1 Å². The number of hydrogen-bond donors (Lipinski definition) is 4. The summed E-state index contributed by atoms with van der Waals surface area (Å²) in [5, 5.41) is 25.5. The van der Waals surface area contributed by atoms with Crippen molar-refractivity contribution in [2.75, 3.05) is 6.54 Å². The van der Waals surface area contributed by atoms with Crippen molar-refractivity contribution < 1.29 is 24.2 Å². The van der Waals surface area contributed by atoms with Gasteiger partial charge in [-0.3, -0.25) is 14.6 Å². The van der Waals surface area contributed by atoms with Gasteiger partial charge in [-0.05, 0) is 49.1 Å². The highest BCUT2D eigenvalue weighted by molar-refractivity contribution is 5.96. The topological polar surface area (TPSA) is 127 Å². The van der Waals surface area contributed by atoms with Gasteiger partial charge in [-0.25, -0.2) is 9.38 Å². The maximum atomic E-state index is 13.5. The van der Waals surface area contributed by atoms with Crippen LogP contribution in [0.25, 0.3) is 0 Å². The van der Waals surface area contributed by atoms with E-state index in [4.69, 9.17) is 0 Å². The third-order valence-corrected chi connectivity index (χ3v) is 5.83. The molecule has 0 aliphatic carbocycles. The van der Waals surface area contributed by atoms with E-state index in [9.17, 15) is 24.2 Å². The van der Waals surface area contributed by atoms with Gasteiger partial charge in [0.05, 0.1) is 12.3 Å². The lowest BCUT2D eigenvalue weighted by molar-refractivity contribution is -0.131. The van der Waals surface area contributed by atoms with Gasteiger partial charge in [0.25, 0.3) is 11.8 Å². The van der Waals surface area contributed by atoms with Crippen LogP contribution in [-0.2, 0) is 11.3 Å². The van der Waals surface area contributed by atoms with Crippen molar-refractivity contribution in [3.63, 3.8) is 0 Å². The molecule has 0 bridgehead atoms. The molecule has 2 aliphatic heterocycles. The fourth-order valence-corrected chi connectivity index (χ4v) is 4.13. The number of allylic oxidation sites excluding steroid dienone is 1. The summed E-state index contributed by atoms with van der Waals surface area (Å²) in [4.78, 5) is 36.6. The van der Waals surface area contributed by atoms with Gasteiger partial charge in [0.2, 0.25) is 11.5 Å². The highest BCUT2D eigenvalue weighted by Crippen LogP contribution is 2.31. The van der Waals surface area contributed by atoms with Crippen LogP contribution in [0, 0.1) is 5.82 Å². The quantitative estimate of drug-likeness (QED) is 0.550. The summed E-state index contributed by atoms with van der Waals surface area (Å²) in [6.07, 6.45) is 5.97. The van der Waals surface area contributed by atoms with Crippen LogP contribution in [-0.4, -0.2) is 56.4 Å². The zero-order chi connectivity index (χ0) is 23.4. The number of aromatic nitrogens is 1. The maximum Gasteiger partial charge on any atom is 0.271 e. The van der Waals surface area contributed by atoms with Crippen molar-refractivity contribution >= 4 is 18.0 Å². The number of pyridine rings is 1. The Balaban J connectivity index is 1.65. The number of carbonyl (C=O) groups is 2. The SMILES string of the molecule is O=C(c1ccncc1)N1CCCCC1C1(C(=O)NCc2ccc(F)cc2)N=CC(O)=C(O)N1. The van der Waals surface area contributed by atoms with E-state index in [1.165, 1.54) is 24.5 Å². The molecule has 0 radical (unpaired) electrons. The van der Waals surface area contributed by atoms with E-state index in [0.29, 0.717) is 24.1 Å². The van der Waals surface area contributed by atoms with Gasteiger partial charge in [-0.2, -0.15) is 0 Å². The van der Waals surface area contributed by atoms with Gasteiger partial charge in [-0.15, -0.1) is 0 Å². The van der Waals surface area contributed by atoms with Gasteiger partial charge in [0, 0.05) is 31.0 Å². The summed E-state index contributed by atoms with van der Waals surface area (Å²) < 4.78 is 13.2. The molecule has 3 heterocycles. The number of nitrogens with one attached hydrogen (secondary N) is 2. The van der Waals surface area contributed by atoms with Gasteiger partial charge in [0.1, 0.15) is 5.82 Å². The first-order valence-electron chi connectivity index (χ1n) is 10.6. The third-order valence-electron chi connectivity index (χ3n) is 5.83. The highest BCUT2D eigenvalue weighted by Gasteiger charge is 2.52. The van der Waals surface area contributed by atoms with Crippen molar-refractivity contribution in [3.8, 4) is 0 Å². The minimum atomic E-state index is -1.76. The average Bonchev–Trinajstić information content (AvgIpc) is 2.85. The summed E-state index contributed by atoms with van der Waals surface area (Å²) in [6.45, 7) is 0.478. The molecule has 4 N–H and O–H groups in total. The normalized spacial score (nSPS) is 22.6. The number of piperidine rings is 1. The molecule has 1 saturated heterocycles. The smallest absolute Gasteiger partial charge is 0.271 e. The predicted octanol–water partition coefficient (Wildman–Crippen LogP) is 2.19. The lowest BCUT2D eigenvalue weighted by Gasteiger charge is -2.46. The van der Waals surface area contributed by atoms with Crippen molar-refractivity contribution in [3.05, 3.63) is 77.4 Å². The second-order valence-electron chi connectivity index (χ2n) is 7.94. The zero-order valence-corrected chi connectivity index (χ0v) is 17.7. The van der Waals surface area contributed by atoms with Crippen molar-refractivity contribution in [2.45, 2.75) is 37.5 Å². The molecule has 2 aliphatic rings. The summed E-state index contributed by atoms with van der Waals surface area (Å²) in [6, 6.07) is 8.11. The first-order valence-corrected chi connectivity index (χ1v) is 10.6. The summed E-state index contributed by atoms with van der Waals surface area (Å²) >= 11 is 0. The molecule has 33 heavy (non-hydrogen) atoms. The second kappa shape index (κ2) is 9.27. The number of aliphatic hydroxyl groups is 2. The Morgan fingerprint density at radius 2 is 1.88 bits per heavy atom. The van der Waals surface area contributed by atoms with E-state index < -0.39 is 35.1 Å². The number of amides is 2. The average molecular weight is 453 g/mol. The van der Waals surface area contributed by atoms with Crippen molar-refractivity contribution in [1.29, 1.82) is 0 Å². The molecule has 2 aromatic rings. The monoisotopic (exact) mass is 453 g/mol. The second-order valence-corrected chi connectivity index (χ2v) is 7.94. The van der Waals surface area contributed by atoms with Crippen LogP contribution in [0.15, 0.2) is 65.4 Å². The minimum absolute atomic E-state index is 0.0829. The Bertz CT molecular complexity index is 1090. The highest BCUT2D eigenvalue weighted by atomic mass is 19.1. The van der Waals surface area contributed by atoms with E-state index in [1.807, 2.05) is 0 Å². The van der Waals surface area contributed by atoms with E-state index in [1.54, 1.807) is 29.2 Å². The van der Waals surface area contributed by atoms with E-state index in [2.05, 4.69) is 20.6 Å². The lowest BCUT2D eigenvalue weighted by atomic mass is 9.88. The number of hydrogen-bond acceptors (Lipinski definition) is 7. The summed E-state index contributed by atoms with van der Waals surface area (Å²) in [7, 11) is 0. The number of aliphatic hydroxyl groups excluding tert-OH is 2. The Hall–Kier alpha value is -3.95. The van der Waals surface area contributed by atoms with Crippen molar-refractivity contribution in [1.82, 2.24) is 20.5 Å². The first-order chi connectivity index (χ1) is 15.9. The molecule has 1 aromatic carbocycles. The van der Waals surface area contributed by atoms with E-state index >= 15 is 0 Å². The molecule has 0 saturated carbocycles. The fraction of sp³-hybridized carbons (Fsp3) is 0.304. The molecule has 0 spiro atoms. The summed E-state index contributed by atoms with van der Waals surface area (Å²) in [5.74, 6) is -2.40. The van der Waals surface area contributed by atoms with Crippen LogP contribution < -0.4 is 10.6 Å². The lowest BCUT2D eigenvalue weighted by Crippen LogP contribution is -2.69. The minimum Gasteiger partial charge on any atom is -0.502 e. The van der Waals surface area contributed by atoms with Crippen LogP contribution in [0.4, 0.5) is 4.39 Å². The molecule has 2 amide bonds. The Kier molecular flexibility index (Phi) is 6.25.